The van der Waals surface area contributed by atoms with Crippen LogP contribution in [0.15, 0.2) is 11.4 Å². The second kappa shape index (κ2) is 4.43. The van der Waals surface area contributed by atoms with Crippen molar-refractivity contribution in [1.29, 1.82) is 0 Å². The summed E-state index contributed by atoms with van der Waals surface area (Å²) in [6.45, 7) is 6.16. The van der Waals surface area contributed by atoms with Crippen LogP contribution in [0.1, 0.15) is 29.9 Å². The van der Waals surface area contributed by atoms with Crippen LogP contribution in [0.4, 0.5) is 0 Å². The van der Waals surface area contributed by atoms with Gasteiger partial charge in [-0.1, -0.05) is 0 Å². The highest BCUT2D eigenvalue weighted by atomic mass is 32.1. The molecule has 1 fully saturated rings. The summed E-state index contributed by atoms with van der Waals surface area (Å²) in [6.07, 6.45) is 1.37. The van der Waals surface area contributed by atoms with Crippen molar-refractivity contribution in [1.82, 2.24) is 5.32 Å². The largest absolute Gasteiger partial charge is 0.372 e. The van der Waals surface area contributed by atoms with Gasteiger partial charge < -0.3 is 10.1 Å². The van der Waals surface area contributed by atoms with Crippen LogP contribution in [0.5, 0.6) is 0 Å². The summed E-state index contributed by atoms with van der Waals surface area (Å²) in [6, 6.07) is 2.81. The summed E-state index contributed by atoms with van der Waals surface area (Å²) < 4.78 is 5.82. The maximum Gasteiger partial charge on any atom is 0.0957 e. The third-order valence-corrected chi connectivity index (χ3v) is 3.52. The second-order valence-electron chi connectivity index (χ2n) is 3.95. The molecule has 1 N–H and O–H groups in total. The van der Waals surface area contributed by atoms with E-state index in [9.17, 15) is 0 Å². The van der Waals surface area contributed by atoms with Crippen LogP contribution >= 0.6 is 11.3 Å². The standard InChI is InChI=1S/C11H17NOS/c1-8-3-4-13-11(6-12-8)10-5-9(2)14-7-10/h5,7-8,11-12H,3-4,6H2,1-2H3. The molecule has 2 rings (SSSR count). The first kappa shape index (κ1) is 10.1. The van der Waals surface area contributed by atoms with Crippen LogP contribution in [-0.2, 0) is 4.74 Å². The van der Waals surface area contributed by atoms with Gasteiger partial charge in [-0.2, -0.15) is 0 Å². The lowest BCUT2D eigenvalue weighted by atomic mass is 10.2. The number of hydrogen-bond donors (Lipinski definition) is 1. The average Bonchev–Trinajstić information content (AvgIpc) is 2.46. The van der Waals surface area contributed by atoms with Crippen LogP contribution in [-0.4, -0.2) is 19.2 Å². The Labute approximate surface area is 89.3 Å². The van der Waals surface area contributed by atoms with Crippen LogP contribution in [0.3, 0.4) is 0 Å². The van der Waals surface area contributed by atoms with E-state index in [1.165, 1.54) is 10.4 Å². The van der Waals surface area contributed by atoms with Gasteiger partial charge in [-0.3, -0.25) is 0 Å². The van der Waals surface area contributed by atoms with E-state index in [0.717, 1.165) is 19.6 Å². The summed E-state index contributed by atoms with van der Waals surface area (Å²) in [7, 11) is 0. The van der Waals surface area contributed by atoms with Crippen molar-refractivity contribution in [2.75, 3.05) is 13.2 Å². The predicted molar refractivity (Wildman–Crippen MR) is 59.8 cm³/mol. The Kier molecular flexibility index (Phi) is 3.21. The first-order valence-electron chi connectivity index (χ1n) is 5.15. The van der Waals surface area contributed by atoms with E-state index in [0.29, 0.717) is 6.04 Å². The van der Waals surface area contributed by atoms with E-state index < -0.39 is 0 Å². The Morgan fingerprint density at radius 1 is 1.57 bits per heavy atom. The molecule has 1 saturated heterocycles. The highest BCUT2D eigenvalue weighted by Gasteiger charge is 2.18. The van der Waals surface area contributed by atoms with Crippen molar-refractivity contribution in [3.05, 3.63) is 21.9 Å². The van der Waals surface area contributed by atoms with Crippen molar-refractivity contribution < 1.29 is 4.74 Å². The molecule has 78 valence electrons. The Morgan fingerprint density at radius 2 is 2.43 bits per heavy atom. The van der Waals surface area contributed by atoms with Gasteiger partial charge in [0.15, 0.2) is 0 Å². The summed E-state index contributed by atoms with van der Waals surface area (Å²) in [4.78, 5) is 1.36. The number of hydrogen-bond acceptors (Lipinski definition) is 3. The zero-order valence-electron chi connectivity index (χ0n) is 8.75. The van der Waals surface area contributed by atoms with Gasteiger partial charge in [0.2, 0.25) is 0 Å². The highest BCUT2D eigenvalue weighted by molar-refractivity contribution is 7.10. The van der Waals surface area contributed by atoms with Gasteiger partial charge in [-0.25, -0.2) is 0 Å². The van der Waals surface area contributed by atoms with E-state index in [1.807, 2.05) is 0 Å². The van der Waals surface area contributed by atoms with Gasteiger partial charge in [0, 0.05) is 24.1 Å². The van der Waals surface area contributed by atoms with Gasteiger partial charge in [0.1, 0.15) is 0 Å². The minimum Gasteiger partial charge on any atom is -0.372 e. The third kappa shape index (κ3) is 2.35. The van der Waals surface area contributed by atoms with E-state index in [4.69, 9.17) is 4.74 Å². The fraction of sp³-hybridized carbons (Fsp3) is 0.636. The van der Waals surface area contributed by atoms with Crippen LogP contribution in [0.25, 0.3) is 0 Å². The lowest BCUT2D eigenvalue weighted by Gasteiger charge is -2.13. The Balaban J connectivity index is 2.04. The molecule has 2 heterocycles. The molecule has 0 saturated carbocycles. The molecule has 3 heteroatoms. The molecule has 0 spiro atoms. The topological polar surface area (TPSA) is 21.3 Å². The first-order valence-corrected chi connectivity index (χ1v) is 6.03. The lowest BCUT2D eigenvalue weighted by molar-refractivity contribution is 0.0667. The van der Waals surface area contributed by atoms with Gasteiger partial charge >= 0.3 is 0 Å². The Bertz CT molecular complexity index is 297. The van der Waals surface area contributed by atoms with Crippen molar-refractivity contribution in [2.24, 2.45) is 0 Å². The molecule has 0 aliphatic carbocycles. The monoisotopic (exact) mass is 211 g/mol. The predicted octanol–water partition coefficient (Wildman–Crippen LogP) is 2.50. The van der Waals surface area contributed by atoms with Gasteiger partial charge in [-0.05, 0) is 37.3 Å². The smallest absolute Gasteiger partial charge is 0.0957 e. The summed E-state index contributed by atoms with van der Waals surface area (Å²) in [5, 5.41) is 5.69. The second-order valence-corrected chi connectivity index (χ2v) is 5.06. The van der Waals surface area contributed by atoms with E-state index >= 15 is 0 Å². The molecule has 0 bridgehead atoms. The number of ether oxygens (including phenoxy) is 1. The first-order chi connectivity index (χ1) is 6.75. The number of aryl methyl sites for hydroxylation is 1. The maximum absolute atomic E-state index is 5.82. The minimum atomic E-state index is 0.255. The molecular weight excluding hydrogens is 194 g/mol. The minimum absolute atomic E-state index is 0.255. The quantitative estimate of drug-likeness (QED) is 0.770. The number of nitrogens with one attached hydrogen (secondary N) is 1. The van der Waals surface area contributed by atoms with Crippen LogP contribution in [0.2, 0.25) is 0 Å². The van der Waals surface area contributed by atoms with Gasteiger partial charge in [0.05, 0.1) is 6.10 Å². The molecular formula is C11H17NOS. The van der Waals surface area contributed by atoms with Crippen molar-refractivity contribution >= 4 is 11.3 Å². The summed E-state index contributed by atoms with van der Waals surface area (Å²) in [5.41, 5.74) is 1.33. The summed E-state index contributed by atoms with van der Waals surface area (Å²) >= 11 is 1.80. The van der Waals surface area contributed by atoms with Crippen molar-refractivity contribution in [2.45, 2.75) is 32.4 Å². The van der Waals surface area contributed by atoms with Crippen molar-refractivity contribution in [3.8, 4) is 0 Å². The van der Waals surface area contributed by atoms with Crippen LogP contribution < -0.4 is 5.32 Å². The zero-order chi connectivity index (χ0) is 9.97. The number of rotatable bonds is 1. The molecule has 2 atom stereocenters. The molecule has 1 aliphatic rings. The number of thiophene rings is 1. The zero-order valence-corrected chi connectivity index (χ0v) is 9.56. The summed E-state index contributed by atoms with van der Waals surface area (Å²) in [5.74, 6) is 0. The third-order valence-electron chi connectivity index (χ3n) is 2.64. The Morgan fingerprint density at radius 3 is 3.14 bits per heavy atom. The highest BCUT2D eigenvalue weighted by Crippen LogP contribution is 2.24. The molecule has 1 aromatic heterocycles. The van der Waals surface area contributed by atoms with Gasteiger partial charge in [-0.15, -0.1) is 11.3 Å². The van der Waals surface area contributed by atoms with Crippen LogP contribution in [0, 0.1) is 6.92 Å². The van der Waals surface area contributed by atoms with Gasteiger partial charge in [0.25, 0.3) is 0 Å². The average molecular weight is 211 g/mol. The van der Waals surface area contributed by atoms with E-state index in [-0.39, 0.29) is 6.10 Å². The fourth-order valence-electron chi connectivity index (χ4n) is 1.70. The normalized spacial score (nSPS) is 28.7. The molecule has 2 unspecified atom stereocenters. The van der Waals surface area contributed by atoms with E-state index in [2.05, 4.69) is 30.6 Å². The lowest BCUT2D eigenvalue weighted by Crippen LogP contribution is -2.27. The molecule has 0 amide bonds. The molecule has 0 radical (unpaired) electrons. The molecule has 0 aromatic carbocycles. The molecule has 2 nitrogen and oxygen atoms in total. The maximum atomic E-state index is 5.82. The SMILES string of the molecule is Cc1cc(C2CNC(C)CCO2)cs1. The Hall–Kier alpha value is -0.380. The molecule has 14 heavy (non-hydrogen) atoms. The fourth-order valence-corrected chi connectivity index (χ4v) is 2.45. The molecule has 1 aliphatic heterocycles. The molecule has 1 aromatic rings. The van der Waals surface area contributed by atoms with E-state index in [1.54, 1.807) is 11.3 Å². The van der Waals surface area contributed by atoms with Crippen molar-refractivity contribution in [3.63, 3.8) is 0 Å².